The van der Waals surface area contributed by atoms with Crippen molar-refractivity contribution >= 4 is 11.6 Å². The van der Waals surface area contributed by atoms with Crippen LogP contribution in [0.2, 0.25) is 5.02 Å². The van der Waals surface area contributed by atoms with Gasteiger partial charge in [-0.05, 0) is 24.6 Å². The number of H-pyrrole nitrogens is 1. The van der Waals surface area contributed by atoms with Crippen molar-refractivity contribution in [1.29, 1.82) is 0 Å². The van der Waals surface area contributed by atoms with Crippen LogP contribution in [0.5, 0.6) is 17.4 Å². The number of halogens is 1. The Morgan fingerprint density at radius 3 is 2.83 bits per heavy atom. The van der Waals surface area contributed by atoms with E-state index in [0.717, 1.165) is 5.56 Å². The molecular formula is C12H11ClN2O3. The molecule has 5 nitrogen and oxygen atoms in total. The molecule has 0 atom stereocenters. The van der Waals surface area contributed by atoms with Gasteiger partial charge in [0.2, 0.25) is 0 Å². The summed E-state index contributed by atoms with van der Waals surface area (Å²) in [6.07, 6.45) is 1.30. The van der Waals surface area contributed by atoms with Gasteiger partial charge >= 0.3 is 0 Å². The number of benzene rings is 1. The molecule has 0 aliphatic rings. The normalized spacial score (nSPS) is 10.2. The Balaban J connectivity index is 2.42. The molecule has 1 aromatic heterocycles. The van der Waals surface area contributed by atoms with Crippen molar-refractivity contribution in [2.24, 2.45) is 0 Å². The van der Waals surface area contributed by atoms with Gasteiger partial charge in [0.15, 0.2) is 11.5 Å². The number of nitrogens with zero attached hydrogens (tertiary/aromatic N) is 1. The van der Waals surface area contributed by atoms with Crippen LogP contribution in [0, 0.1) is 6.92 Å². The highest BCUT2D eigenvalue weighted by molar-refractivity contribution is 6.30. The molecule has 0 spiro atoms. The third kappa shape index (κ3) is 2.46. The Hall–Kier alpha value is -2.01. The van der Waals surface area contributed by atoms with E-state index in [4.69, 9.17) is 21.1 Å². The van der Waals surface area contributed by atoms with E-state index in [1.54, 1.807) is 12.1 Å². The molecule has 0 amide bonds. The van der Waals surface area contributed by atoms with E-state index < -0.39 is 5.43 Å². The molecule has 1 N–H and O–H groups in total. The summed E-state index contributed by atoms with van der Waals surface area (Å²) < 4.78 is 10.6. The van der Waals surface area contributed by atoms with Crippen LogP contribution in [-0.4, -0.2) is 17.3 Å². The number of methoxy groups -OCH3 is 1. The number of nitrogens with one attached hydrogen (secondary N) is 1. The number of rotatable bonds is 3. The fourth-order valence-electron chi connectivity index (χ4n) is 1.40. The first-order valence-corrected chi connectivity index (χ1v) is 5.55. The number of ether oxygens (including phenoxy) is 2. The third-order valence-electron chi connectivity index (χ3n) is 2.29. The molecular weight excluding hydrogens is 256 g/mol. The average Bonchev–Trinajstić information content (AvgIpc) is 2.35. The van der Waals surface area contributed by atoms with Crippen molar-refractivity contribution in [3.05, 3.63) is 45.2 Å². The SMILES string of the molecule is COc1ccc(C)cc1Oc1n[nH]cc(Cl)c1=O. The van der Waals surface area contributed by atoms with E-state index in [9.17, 15) is 4.79 Å². The summed E-state index contributed by atoms with van der Waals surface area (Å²) in [5.74, 6) is 0.811. The van der Waals surface area contributed by atoms with Gasteiger partial charge in [0.05, 0.1) is 7.11 Å². The van der Waals surface area contributed by atoms with Crippen molar-refractivity contribution in [3.63, 3.8) is 0 Å². The molecule has 0 unspecified atom stereocenters. The lowest BCUT2D eigenvalue weighted by Gasteiger charge is -2.09. The minimum Gasteiger partial charge on any atom is -0.493 e. The van der Waals surface area contributed by atoms with Crippen LogP contribution in [0.3, 0.4) is 0 Å². The fraction of sp³-hybridized carbons (Fsp3) is 0.167. The van der Waals surface area contributed by atoms with Gasteiger partial charge in [0, 0.05) is 6.20 Å². The molecule has 0 saturated heterocycles. The first kappa shape index (κ1) is 12.4. The highest BCUT2D eigenvalue weighted by atomic mass is 35.5. The molecule has 1 heterocycles. The van der Waals surface area contributed by atoms with Gasteiger partial charge in [-0.1, -0.05) is 17.7 Å². The first-order valence-electron chi connectivity index (χ1n) is 5.18. The standard InChI is InChI=1S/C12H11ClN2O3/c1-7-3-4-9(17-2)10(5-7)18-12-11(16)8(13)6-14-15-12/h3-6H,1-2H3,(H,14,16). The van der Waals surface area contributed by atoms with Crippen LogP contribution in [0.4, 0.5) is 0 Å². The van der Waals surface area contributed by atoms with E-state index in [2.05, 4.69) is 10.2 Å². The van der Waals surface area contributed by atoms with E-state index >= 15 is 0 Å². The van der Waals surface area contributed by atoms with Gasteiger partial charge in [-0.2, -0.15) is 0 Å². The Labute approximate surface area is 108 Å². The van der Waals surface area contributed by atoms with E-state index in [0.29, 0.717) is 11.5 Å². The average molecular weight is 267 g/mol. The topological polar surface area (TPSA) is 64.2 Å². The summed E-state index contributed by atoms with van der Waals surface area (Å²) in [7, 11) is 1.52. The van der Waals surface area contributed by atoms with E-state index in [1.807, 2.05) is 13.0 Å². The molecule has 0 aliphatic carbocycles. The molecule has 2 aromatic rings. The predicted molar refractivity (Wildman–Crippen MR) is 67.7 cm³/mol. The number of hydrogen-bond donors (Lipinski definition) is 1. The lowest BCUT2D eigenvalue weighted by atomic mass is 10.2. The molecule has 2 rings (SSSR count). The summed E-state index contributed by atoms with van der Waals surface area (Å²) >= 11 is 5.69. The van der Waals surface area contributed by atoms with Crippen LogP contribution in [0.1, 0.15) is 5.56 Å². The lowest BCUT2D eigenvalue weighted by Crippen LogP contribution is -2.09. The van der Waals surface area contributed by atoms with Crippen LogP contribution >= 0.6 is 11.6 Å². The largest absolute Gasteiger partial charge is 0.493 e. The minimum absolute atomic E-state index is 0.0200. The van der Waals surface area contributed by atoms with Gasteiger partial charge in [0.1, 0.15) is 5.02 Å². The second-order valence-electron chi connectivity index (χ2n) is 3.62. The Morgan fingerprint density at radius 2 is 2.11 bits per heavy atom. The third-order valence-corrected chi connectivity index (χ3v) is 2.58. The second kappa shape index (κ2) is 5.10. The Kier molecular flexibility index (Phi) is 3.53. The van der Waals surface area contributed by atoms with Crippen LogP contribution in [0.25, 0.3) is 0 Å². The highest BCUT2D eigenvalue weighted by Gasteiger charge is 2.11. The predicted octanol–water partition coefficient (Wildman–Crippen LogP) is 2.53. The molecule has 0 aliphatic heterocycles. The van der Waals surface area contributed by atoms with Gasteiger partial charge in [-0.15, -0.1) is 5.10 Å². The van der Waals surface area contributed by atoms with E-state index in [1.165, 1.54) is 13.3 Å². The summed E-state index contributed by atoms with van der Waals surface area (Å²) in [5, 5.41) is 6.25. The van der Waals surface area contributed by atoms with Gasteiger partial charge in [-0.3, -0.25) is 9.89 Å². The number of aromatic amines is 1. The number of aromatic nitrogens is 2. The minimum atomic E-state index is -0.473. The summed E-state index contributed by atoms with van der Waals surface area (Å²) in [5.41, 5.74) is 0.503. The quantitative estimate of drug-likeness (QED) is 0.927. The zero-order valence-electron chi connectivity index (χ0n) is 9.86. The molecule has 94 valence electrons. The summed E-state index contributed by atoms with van der Waals surface area (Å²) in [6, 6.07) is 5.38. The molecule has 0 radical (unpaired) electrons. The molecule has 6 heteroatoms. The first-order chi connectivity index (χ1) is 8.61. The number of hydrogen-bond acceptors (Lipinski definition) is 4. The molecule has 0 fully saturated rings. The molecule has 0 saturated carbocycles. The van der Waals surface area contributed by atoms with Crippen molar-refractivity contribution in [2.45, 2.75) is 6.92 Å². The molecule has 18 heavy (non-hydrogen) atoms. The highest BCUT2D eigenvalue weighted by Crippen LogP contribution is 2.30. The second-order valence-corrected chi connectivity index (χ2v) is 4.03. The number of aryl methyl sites for hydroxylation is 1. The molecule has 1 aromatic carbocycles. The van der Waals surface area contributed by atoms with Gasteiger partial charge in [0.25, 0.3) is 11.3 Å². The van der Waals surface area contributed by atoms with Crippen molar-refractivity contribution in [2.75, 3.05) is 7.11 Å². The maximum absolute atomic E-state index is 11.7. The zero-order valence-corrected chi connectivity index (χ0v) is 10.6. The summed E-state index contributed by atoms with van der Waals surface area (Å²) in [4.78, 5) is 11.7. The Morgan fingerprint density at radius 1 is 1.33 bits per heavy atom. The zero-order chi connectivity index (χ0) is 13.1. The maximum atomic E-state index is 11.7. The van der Waals surface area contributed by atoms with E-state index in [-0.39, 0.29) is 10.9 Å². The smallest absolute Gasteiger partial charge is 0.286 e. The Bertz CT molecular complexity index is 625. The maximum Gasteiger partial charge on any atom is 0.286 e. The molecule has 0 bridgehead atoms. The van der Waals surface area contributed by atoms with Crippen molar-refractivity contribution < 1.29 is 9.47 Å². The fourth-order valence-corrected chi connectivity index (χ4v) is 1.53. The summed E-state index contributed by atoms with van der Waals surface area (Å²) in [6.45, 7) is 1.90. The monoisotopic (exact) mass is 266 g/mol. The van der Waals surface area contributed by atoms with Crippen molar-refractivity contribution in [3.8, 4) is 17.4 Å². The van der Waals surface area contributed by atoms with Gasteiger partial charge < -0.3 is 9.47 Å². The van der Waals surface area contributed by atoms with Crippen LogP contribution < -0.4 is 14.9 Å². The van der Waals surface area contributed by atoms with Crippen LogP contribution in [-0.2, 0) is 0 Å². The van der Waals surface area contributed by atoms with Gasteiger partial charge in [-0.25, -0.2) is 0 Å². The lowest BCUT2D eigenvalue weighted by molar-refractivity contribution is 0.370. The van der Waals surface area contributed by atoms with Crippen molar-refractivity contribution in [1.82, 2.24) is 10.2 Å². The van der Waals surface area contributed by atoms with Crippen LogP contribution in [0.15, 0.2) is 29.2 Å².